The minimum absolute atomic E-state index is 0.0686. The van der Waals surface area contributed by atoms with Crippen molar-refractivity contribution in [3.8, 4) is 0 Å². The Bertz CT molecular complexity index is 1500. The second-order valence-corrected chi connectivity index (χ2v) is 14.0. The molecule has 0 radical (unpaired) electrons. The Balaban J connectivity index is 1.72. The Labute approximate surface area is 239 Å². The van der Waals surface area contributed by atoms with Gasteiger partial charge in [-0.25, -0.2) is 0 Å². The number of benzene rings is 3. The number of halogens is 2. The van der Waals surface area contributed by atoms with Crippen molar-refractivity contribution in [1.29, 1.82) is 0 Å². The van der Waals surface area contributed by atoms with Crippen molar-refractivity contribution in [2.45, 2.75) is 30.2 Å². The van der Waals surface area contributed by atoms with Gasteiger partial charge >= 0.3 is 0 Å². The molecule has 208 valence electrons. The molecule has 1 amide bonds. The number of anilines is 1. The largest absolute Gasteiger partial charge is 0.340 e. The van der Waals surface area contributed by atoms with E-state index in [0.29, 0.717) is 42.0 Å². The van der Waals surface area contributed by atoms with E-state index < -0.39 is 20.0 Å². The number of piperazine rings is 1. The Morgan fingerprint density at radius 3 is 1.79 bits per heavy atom. The van der Waals surface area contributed by atoms with E-state index in [4.69, 9.17) is 23.2 Å². The fraction of sp³-hybridized carbons (Fsp3) is 0.296. The number of hydrogen-bond acceptors (Lipinski definition) is 6. The lowest BCUT2D eigenvalue weighted by Crippen LogP contribution is -2.49. The van der Waals surface area contributed by atoms with E-state index in [1.54, 1.807) is 24.3 Å². The molecule has 0 atom stereocenters. The highest BCUT2D eigenvalue weighted by Crippen LogP contribution is 2.36. The predicted octanol–water partition coefficient (Wildman–Crippen LogP) is 4.88. The summed E-state index contributed by atoms with van der Waals surface area (Å²) in [5.41, 5.74) is 0.644. The smallest absolute Gasteiger partial charge is 0.279 e. The Hall–Kier alpha value is -2.63. The average Bonchev–Trinajstić information content (AvgIpc) is 2.89. The fourth-order valence-corrected chi connectivity index (χ4v) is 9.05. The predicted molar refractivity (Wildman–Crippen MR) is 153 cm³/mol. The molecule has 1 aliphatic heterocycles. The third-order valence-electron chi connectivity index (χ3n) is 6.37. The maximum atomic E-state index is 13.9. The first-order valence-corrected chi connectivity index (χ1v) is 16.0. The van der Waals surface area contributed by atoms with Crippen LogP contribution in [0.25, 0.3) is 0 Å². The van der Waals surface area contributed by atoms with E-state index in [1.165, 1.54) is 48.5 Å². The van der Waals surface area contributed by atoms with Crippen LogP contribution in [0.1, 0.15) is 19.4 Å². The molecule has 0 aliphatic carbocycles. The molecule has 0 bridgehead atoms. The molecular weight excluding hydrogens is 581 g/mol. The monoisotopic (exact) mass is 609 g/mol. The SMILES string of the molecule is CC(C)C(=O)N1CCN(Cc2cccc(N(S(=O)(=O)c3ccccc3Cl)S(=O)(=O)c3ccccc3Cl)c2)CC1. The highest BCUT2D eigenvalue weighted by Gasteiger charge is 2.39. The number of carbonyl (C=O) groups is 1. The molecule has 12 heteroatoms. The summed E-state index contributed by atoms with van der Waals surface area (Å²) in [7, 11) is -9.37. The molecule has 39 heavy (non-hydrogen) atoms. The van der Waals surface area contributed by atoms with Gasteiger partial charge in [-0.2, -0.15) is 20.5 Å². The number of hydrogen-bond donors (Lipinski definition) is 0. The summed E-state index contributed by atoms with van der Waals surface area (Å²) >= 11 is 12.4. The van der Waals surface area contributed by atoms with Gasteiger partial charge in [0.1, 0.15) is 9.79 Å². The first kappa shape index (κ1) is 29.4. The summed E-state index contributed by atoms with van der Waals surface area (Å²) in [5.74, 6) is 0.0428. The third-order valence-corrected chi connectivity index (χ3v) is 11.6. The number of carbonyl (C=O) groups excluding carboxylic acids is 1. The van der Waals surface area contributed by atoms with E-state index >= 15 is 0 Å². The Morgan fingerprint density at radius 2 is 1.31 bits per heavy atom. The molecule has 1 heterocycles. The highest BCUT2D eigenvalue weighted by molar-refractivity contribution is 8.10. The van der Waals surface area contributed by atoms with Crippen molar-refractivity contribution in [2.24, 2.45) is 5.92 Å². The van der Waals surface area contributed by atoms with Crippen LogP contribution in [0.3, 0.4) is 0 Å². The molecule has 0 saturated carbocycles. The van der Waals surface area contributed by atoms with Gasteiger partial charge in [-0.05, 0) is 42.0 Å². The van der Waals surface area contributed by atoms with Crippen molar-refractivity contribution < 1.29 is 21.6 Å². The maximum Gasteiger partial charge on any atom is 0.279 e. The molecule has 0 N–H and O–H groups in total. The van der Waals surface area contributed by atoms with E-state index in [1.807, 2.05) is 18.7 Å². The number of sulfonamides is 2. The molecule has 0 unspecified atom stereocenters. The van der Waals surface area contributed by atoms with Crippen LogP contribution < -0.4 is 3.71 Å². The van der Waals surface area contributed by atoms with Crippen molar-refractivity contribution in [3.63, 3.8) is 0 Å². The summed E-state index contributed by atoms with van der Waals surface area (Å²) in [6.07, 6.45) is 0. The quantitative estimate of drug-likeness (QED) is 0.361. The van der Waals surface area contributed by atoms with Gasteiger partial charge in [0, 0.05) is 38.6 Å². The minimum Gasteiger partial charge on any atom is -0.340 e. The molecule has 8 nitrogen and oxygen atoms in total. The van der Waals surface area contributed by atoms with Crippen LogP contribution in [0.2, 0.25) is 10.0 Å². The fourth-order valence-electron chi connectivity index (χ4n) is 4.41. The molecule has 0 aromatic heterocycles. The van der Waals surface area contributed by atoms with E-state index in [2.05, 4.69) is 4.90 Å². The zero-order valence-corrected chi connectivity index (χ0v) is 24.6. The first-order chi connectivity index (χ1) is 18.4. The van der Waals surface area contributed by atoms with E-state index in [0.717, 1.165) is 0 Å². The van der Waals surface area contributed by atoms with Crippen LogP contribution in [0, 0.1) is 5.92 Å². The zero-order chi connectivity index (χ0) is 28.4. The van der Waals surface area contributed by atoms with E-state index in [9.17, 15) is 21.6 Å². The lowest BCUT2D eigenvalue weighted by atomic mass is 10.1. The minimum atomic E-state index is -4.69. The van der Waals surface area contributed by atoms with Crippen LogP contribution in [-0.2, 0) is 31.4 Å². The summed E-state index contributed by atoms with van der Waals surface area (Å²) in [4.78, 5) is 15.6. The first-order valence-electron chi connectivity index (χ1n) is 12.3. The van der Waals surface area contributed by atoms with Gasteiger partial charge in [-0.15, -0.1) is 0 Å². The molecule has 0 spiro atoms. The molecule has 3 aromatic carbocycles. The number of nitrogens with zero attached hydrogens (tertiary/aromatic N) is 3. The molecular formula is C27H29Cl2N3O5S2. The molecule has 1 saturated heterocycles. The standard InChI is InChI=1S/C27H29Cl2N3O5S2/c1-20(2)27(33)31-16-14-30(15-17-31)19-21-8-7-9-22(18-21)32(38(34,35)25-12-5-3-10-23(25)28)39(36,37)26-13-6-4-11-24(26)29/h3-13,18,20H,14-17,19H2,1-2H3. The second-order valence-electron chi connectivity index (χ2n) is 9.49. The van der Waals surface area contributed by atoms with Gasteiger partial charge in [-0.1, -0.05) is 73.4 Å². The van der Waals surface area contributed by atoms with Crippen molar-refractivity contribution >= 4 is 54.8 Å². The number of amides is 1. The van der Waals surface area contributed by atoms with Crippen molar-refractivity contribution in [1.82, 2.24) is 9.80 Å². The average molecular weight is 611 g/mol. The number of rotatable bonds is 8. The summed E-state index contributed by atoms with van der Waals surface area (Å²) in [5, 5.41) is -0.219. The summed E-state index contributed by atoms with van der Waals surface area (Å²) in [6, 6.07) is 17.7. The normalized spacial score (nSPS) is 14.9. The van der Waals surface area contributed by atoms with Crippen molar-refractivity contribution in [2.75, 3.05) is 29.9 Å². The van der Waals surface area contributed by atoms with Gasteiger partial charge < -0.3 is 4.90 Å². The third kappa shape index (κ3) is 6.25. The summed E-state index contributed by atoms with van der Waals surface area (Å²) < 4.78 is 56.0. The molecule has 3 aromatic rings. The Morgan fingerprint density at radius 1 is 0.795 bits per heavy atom. The van der Waals surface area contributed by atoms with Gasteiger partial charge in [-0.3, -0.25) is 9.69 Å². The highest BCUT2D eigenvalue weighted by atomic mass is 35.5. The lowest BCUT2D eigenvalue weighted by Gasteiger charge is -2.35. The molecule has 1 aliphatic rings. The maximum absolute atomic E-state index is 13.9. The van der Waals surface area contributed by atoms with Crippen LogP contribution in [0.15, 0.2) is 82.6 Å². The second kappa shape index (κ2) is 11.9. The van der Waals surface area contributed by atoms with Crippen LogP contribution in [-0.4, -0.2) is 58.7 Å². The lowest BCUT2D eigenvalue weighted by molar-refractivity contribution is -0.136. The van der Waals surface area contributed by atoms with Gasteiger partial charge in [0.25, 0.3) is 20.0 Å². The van der Waals surface area contributed by atoms with Gasteiger partial charge in [0.2, 0.25) is 5.91 Å². The van der Waals surface area contributed by atoms with Gasteiger partial charge in [0.05, 0.1) is 15.7 Å². The Kier molecular flexibility index (Phi) is 8.92. The molecule has 4 rings (SSSR count). The van der Waals surface area contributed by atoms with Crippen LogP contribution >= 0.6 is 23.2 Å². The van der Waals surface area contributed by atoms with Crippen LogP contribution in [0.5, 0.6) is 0 Å². The molecule has 1 fully saturated rings. The summed E-state index contributed by atoms with van der Waals surface area (Å²) in [6.45, 7) is 6.65. The zero-order valence-electron chi connectivity index (χ0n) is 21.5. The topological polar surface area (TPSA) is 95.1 Å². The van der Waals surface area contributed by atoms with Crippen molar-refractivity contribution in [3.05, 3.63) is 88.4 Å². The van der Waals surface area contributed by atoms with Crippen LogP contribution in [0.4, 0.5) is 5.69 Å². The van der Waals surface area contributed by atoms with Gasteiger partial charge in [0.15, 0.2) is 0 Å². The van der Waals surface area contributed by atoms with E-state index in [-0.39, 0.29) is 37.3 Å².